The molecule has 1 aromatic rings. The van der Waals surface area contributed by atoms with Gasteiger partial charge in [-0.1, -0.05) is 20.3 Å². The molecule has 1 rings (SSSR count). The van der Waals surface area contributed by atoms with Crippen molar-refractivity contribution in [2.75, 3.05) is 6.54 Å². The lowest BCUT2D eigenvalue weighted by Crippen LogP contribution is -2.13. The number of nitrogens with zero attached hydrogens (tertiary/aromatic N) is 2. The van der Waals surface area contributed by atoms with Gasteiger partial charge in [0, 0.05) is 19.2 Å². The van der Waals surface area contributed by atoms with Crippen LogP contribution in [0.1, 0.15) is 38.2 Å². The van der Waals surface area contributed by atoms with Crippen LogP contribution in [0, 0.1) is 0 Å². The van der Waals surface area contributed by atoms with Gasteiger partial charge in [-0.05, 0) is 19.0 Å². The second-order valence-electron chi connectivity index (χ2n) is 3.35. The molecule has 3 heteroatoms. The fraction of sp³-hybridized carbons (Fsp3) is 0.636. The first-order valence-corrected chi connectivity index (χ1v) is 5.38. The number of rotatable bonds is 6. The van der Waals surface area contributed by atoms with Crippen LogP contribution in [0.15, 0.2) is 12.3 Å². The maximum Gasteiger partial charge on any atom is 0.128 e. The molecule has 0 atom stereocenters. The largest absolute Gasteiger partial charge is 0.311 e. The maximum atomic E-state index is 4.47. The van der Waals surface area contributed by atoms with Crippen molar-refractivity contribution in [2.45, 2.75) is 39.7 Å². The van der Waals surface area contributed by atoms with Gasteiger partial charge in [0.15, 0.2) is 0 Å². The Kier molecular flexibility index (Phi) is 5.15. The monoisotopic (exact) mass is 193 g/mol. The minimum absolute atomic E-state index is 0.845. The van der Waals surface area contributed by atoms with Crippen molar-refractivity contribution in [1.29, 1.82) is 0 Å². The number of aryl methyl sites for hydroxylation is 1. The van der Waals surface area contributed by atoms with Crippen molar-refractivity contribution in [3.05, 3.63) is 23.8 Å². The van der Waals surface area contributed by atoms with E-state index in [1.54, 1.807) is 0 Å². The minimum atomic E-state index is 0.845. The molecule has 0 saturated heterocycles. The molecule has 0 saturated carbocycles. The van der Waals surface area contributed by atoms with Gasteiger partial charge in [0.1, 0.15) is 5.82 Å². The van der Waals surface area contributed by atoms with Crippen molar-refractivity contribution >= 4 is 0 Å². The molecule has 14 heavy (non-hydrogen) atoms. The number of aromatic nitrogens is 2. The predicted octanol–water partition coefficient (Wildman–Crippen LogP) is 1.93. The first kappa shape index (κ1) is 11.1. The van der Waals surface area contributed by atoms with E-state index in [0.717, 1.165) is 31.0 Å². The summed E-state index contributed by atoms with van der Waals surface area (Å²) in [6.45, 7) is 6.11. The van der Waals surface area contributed by atoms with Crippen LogP contribution < -0.4 is 5.32 Å². The fourth-order valence-corrected chi connectivity index (χ4v) is 1.25. The summed E-state index contributed by atoms with van der Waals surface area (Å²) in [7, 11) is 0. The molecule has 0 aliphatic heterocycles. The number of nitrogens with one attached hydrogen (secondary N) is 1. The van der Waals surface area contributed by atoms with Crippen LogP contribution in [0.3, 0.4) is 0 Å². The topological polar surface area (TPSA) is 37.8 Å². The van der Waals surface area contributed by atoms with E-state index >= 15 is 0 Å². The van der Waals surface area contributed by atoms with Crippen LogP contribution in [0.5, 0.6) is 0 Å². The smallest absolute Gasteiger partial charge is 0.128 e. The minimum Gasteiger partial charge on any atom is -0.311 e. The van der Waals surface area contributed by atoms with Gasteiger partial charge in [0.05, 0.1) is 5.69 Å². The summed E-state index contributed by atoms with van der Waals surface area (Å²) in [6.07, 6.45) is 5.21. The Morgan fingerprint density at radius 1 is 1.36 bits per heavy atom. The highest BCUT2D eigenvalue weighted by Gasteiger charge is 1.98. The summed E-state index contributed by atoms with van der Waals surface area (Å²) in [5.74, 6) is 0.974. The van der Waals surface area contributed by atoms with E-state index in [-0.39, 0.29) is 0 Å². The van der Waals surface area contributed by atoms with Gasteiger partial charge >= 0.3 is 0 Å². The number of hydrogen-bond donors (Lipinski definition) is 1. The molecule has 0 aliphatic rings. The van der Waals surface area contributed by atoms with Crippen molar-refractivity contribution in [1.82, 2.24) is 15.3 Å². The van der Waals surface area contributed by atoms with Crippen molar-refractivity contribution in [3.63, 3.8) is 0 Å². The third-order valence-electron chi connectivity index (χ3n) is 2.07. The highest BCUT2D eigenvalue weighted by atomic mass is 14.9. The van der Waals surface area contributed by atoms with Gasteiger partial charge in [0.25, 0.3) is 0 Å². The van der Waals surface area contributed by atoms with E-state index < -0.39 is 0 Å². The molecule has 0 aromatic carbocycles. The van der Waals surface area contributed by atoms with Gasteiger partial charge < -0.3 is 5.32 Å². The molecule has 78 valence electrons. The van der Waals surface area contributed by atoms with Gasteiger partial charge in [0.2, 0.25) is 0 Å². The van der Waals surface area contributed by atoms with Gasteiger partial charge in [-0.3, -0.25) is 0 Å². The molecule has 0 radical (unpaired) electrons. The van der Waals surface area contributed by atoms with Crippen LogP contribution in [0.25, 0.3) is 0 Å². The standard InChI is InChI=1S/C11H19N3/c1-3-5-6-11-13-8-7-10(14-11)9-12-4-2/h7-8,12H,3-6,9H2,1-2H3. The van der Waals surface area contributed by atoms with Crippen LogP contribution in [0.4, 0.5) is 0 Å². The quantitative estimate of drug-likeness (QED) is 0.750. The Morgan fingerprint density at radius 3 is 2.93 bits per heavy atom. The third-order valence-corrected chi connectivity index (χ3v) is 2.07. The number of hydrogen-bond acceptors (Lipinski definition) is 3. The molecule has 0 unspecified atom stereocenters. The highest BCUT2D eigenvalue weighted by Crippen LogP contribution is 2.00. The van der Waals surface area contributed by atoms with Gasteiger partial charge in [-0.25, -0.2) is 9.97 Å². The molecule has 1 N–H and O–H groups in total. The summed E-state index contributed by atoms with van der Waals surface area (Å²) < 4.78 is 0. The predicted molar refractivity (Wildman–Crippen MR) is 58.0 cm³/mol. The second kappa shape index (κ2) is 6.49. The normalized spacial score (nSPS) is 10.4. The zero-order chi connectivity index (χ0) is 10.2. The van der Waals surface area contributed by atoms with Crippen LogP contribution in [-0.2, 0) is 13.0 Å². The average Bonchev–Trinajstić information content (AvgIpc) is 2.24. The summed E-state index contributed by atoms with van der Waals surface area (Å²) in [5, 5.41) is 3.26. The fourth-order valence-electron chi connectivity index (χ4n) is 1.25. The molecule has 3 nitrogen and oxygen atoms in total. The van der Waals surface area contributed by atoms with Gasteiger partial charge in [-0.15, -0.1) is 0 Å². The summed E-state index contributed by atoms with van der Waals surface area (Å²) in [6, 6.07) is 1.97. The lowest BCUT2D eigenvalue weighted by atomic mass is 10.2. The van der Waals surface area contributed by atoms with Crippen molar-refractivity contribution in [3.8, 4) is 0 Å². The molecule has 0 bridgehead atoms. The van der Waals surface area contributed by atoms with Crippen LogP contribution in [0.2, 0.25) is 0 Å². The highest BCUT2D eigenvalue weighted by molar-refractivity contribution is 5.02. The summed E-state index contributed by atoms with van der Waals surface area (Å²) in [4.78, 5) is 8.72. The van der Waals surface area contributed by atoms with E-state index in [9.17, 15) is 0 Å². The number of unbranched alkanes of at least 4 members (excludes halogenated alkanes) is 1. The van der Waals surface area contributed by atoms with E-state index in [0.29, 0.717) is 0 Å². The Balaban J connectivity index is 2.50. The average molecular weight is 193 g/mol. The van der Waals surface area contributed by atoms with E-state index in [1.807, 2.05) is 12.3 Å². The van der Waals surface area contributed by atoms with Crippen LogP contribution in [-0.4, -0.2) is 16.5 Å². The Hall–Kier alpha value is -0.960. The molecule has 0 aliphatic carbocycles. The lowest BCUT2D eigenvalue weighted by molar-refractivity contribution is 0.689. The first-order chi connectivity index (χ1) is 6.86. The summed E-state index contributed by atoms with van der Waals surface area (Å²) >= 11 is 0. The Morgan fingerprint density at radius 2 is 2.21 bits per heavy atom. The van der Waals surface area contributed by atoms with Crippen molar-refractivity contribution < 1.29 is 0 Å². The van der Waals surface area contributed by atoms with Crippen molar-refractivity contribution in [2.24, 2.45) is 0 Å². The molecule has 1 aromatic heterocycles. The third kappa shape index (κ3) is 3.83. The second-order valence-corrected chi connectivity index (χ2v) is 3.35. The molecule has 1 heterocycles. The molecule has 0 amide bonds. The summed E-state index contributed by atoms with van der Waals surface area (Å²) in [5.41, 5.74) is 1.09. The molecule has 0 spiro atoms. The Labute approximate surface area is 86.0 Å². The lowest BCUT2D eigenvalue weighted by Gasteiger charge is -2.03. The SMILES string of the molecule is CCCCc1nccc(CNCC)n1. The van der Waals surface area contributed by atoms with E-state index in [1.165, 1.54) is 12.8 Å². The molecule has 0 fully saturated rings. The first-order valence-electron chi connectivity index (χ1n) is 5.38. The van der Waals surface area contributed by atoms with E-state index in [2.05, 4.69) is 29.1 Å². The van der Waals surface area contributed by atoms with Gasteiger partial charge in [-0.2, -0.15) is 0 Å². The zero-order valence-corrected chi connectivity index (χ0v) is 9.08. The zero-order valence-electron chi connectivity index (χ0n) is 9.08. The molecular formula is C11H19N3. The Bertz CT molecular complexity index is 237. The van der Waals surface area contributed by atoms with E-state index in [4.69, 9.17) is 0 Å². The maximum absolute atomic E-state index is 4.47. The molecular weight excluding hydrogens is 174 g/mol. The van der Waals surface area contributed by atoms with Crippen LogP contribution >= 0.6 is 0 Å².